The number of nitrogen functional groups attached to an aromatic ring is 1. The highest BCUT2D eigenvalue weighted by molar-refractivity contribution is 6.37. The number of hydrogen-bond acceptors (Lipinski definition) is 3. The van der Waals surface area contributed by atoms with E-state index in [1.165, 1.54) is 6.42 Å². The lowest BCUT2D eigenvalue weighted by molar-refractivity contribution is 0.435. The highest BCUT2D eigenvalue weighted by Crippen LogP contribution is 2.35. The van der Waals surface area contributed by atoms with Crippen LogP contribution in [-0.4, -0.2) is 11.0 Å². The second kappa shape index (κ2) is 4.91. The van der Waals surface area contributed by atoms with Crippen molar-refractivity contribution in [2.75, 3.05) is 11.1 Å². The molecule has 3 N–H and O–H groups in total. The van der Waals surface area contributed by atoms with Crippen molar-refractivity contribution in [2.24, 2.45) is 11.8 Å². The molecule has 1 fully saturated rings. The molecule has 1 saturated carbocycles. The van der Waals surface area contributed by atoms with Crippen molar-refractivity contribution in [3.63, 3.8) is 0 Å². The third kappa shape index (κ3) is 2.61. The lowest BCUT2D eigenvalue weighted by Gasteiger charge is -2.21. The van der Waals surface area contributed by atoms with Gasteiger partial charge in [-0.1, -0.05) is 37.0 Å². The average Bonchev–Trinajstić information content (AvgIpc) is 2.58. The first-order chi connectivity index (χ1) is 7.99. The fourth-order valence-corrected chi connectivity index (χ4v) is 2.74. The van der Waals surface area contributed by atoms with Crippen molar-refractivity contribution in [2.45, 2.75) is 32.7 Å². The number of halogens is 2. The highest BCUT2D eigenvalue weighted by atomic mass is 35.5. The number of anilines is 2. The van der Waals surface area contributed by atoms with Crippen LogP contribution in [0, 0.1) is 11.8 Å². The molecule has 0 aliphatic heterocycles. The minimum absolute atomic E-state index is 0.317. The molecule has 0 spiro atoms. The number of nitrogens with two attached hydrogens (primary N) is 1. The molecule has 1 aliphatic rings. The molecule has 0 radical (unpaired) electrons. The molecule has 2 rings (SSSR count). The summed E-state index contributed by atoms with van der Waals surface area (Å²) >= 11 is 12.0. The Morgan fingerprint density at radius 3 is 2.59 bits per heavy atom. The molecule has 5 heteroatoms. The highest BCUT2D eigenvalue weighted by Gasteiger charge is 2.30. The Hall–Kier alpha value is -0.670. The van der Waals surface area contributed by atoms with Gasteiger partial charge in [0.1, 0.15) is 11.6 Å². The Morgan fingerprint density at radius 1 is 1.29 bits per heavy atom. The van der Waals surface area contributed by atoms with E-state index in [0.717, 1.165) is 12.3 Å². The largest absolute Gasteiger partial charge is 0.382 e. The number of aromatic nitrogens is 1. The molecular weight excluding hydrogens is 257 g/mol. The van der Waals surface area contributed by atoms with Gasteiger partial charge in [0.05, 0.1) is 10.0 Å². The SMILES string of the molecule is CC1CCC(Nc2nc(N)c(Cl)cc2Cl)C1C. The Labute approximate surface area is 112 Å². The van der Waals surface area contributed by atoms with E-state index in [-0.39, 0.29) is 0 Å². The molecule has 1 heterocycles. The summed E-state index contributed by atoms with van der Waals surface area (Å²) in [6, 6.07) is 2.05. The van der Waals surface area contributed by atoms with Gasteiger partial charge < -0.3 is 11.1 Å². The molecule has 3 nitrogen and oxygen atoms in total. The van der Waals surface area contributed by atoms with E-state index in [1.54, 1.807) is 6.07 Å². The van der Waals surface area contributed by atoms with Gasteiger partial charge >= 0.3 is 0 Å². The third-order valence-corrected chi connectivity index (χ3v) is 4.33. The Kier molecular flexibility index (Phi) is 3.69. The van der Waals surface area contributed by atoms with Gasteiger partial charge in [0.25, 0.3) is 0 Å². The zero-order chi connectivity index (χ0) is 12.6. The maximum absolute atomic E-state index is 6.10. The van der Waals surface area contributed by atoms with Crippen LogP contribution in [-0.2, 0) is 0 Å². The molecule has 17 heavy (non-hydrogen) atoms. The van der Waals surface area contributed by atoms with Gasteiger partial charge in [0, 0.05) is 6.04 Å². The van der Waals surface area contributed by atoms with E-state index < -0.39 is 0 Å². The summed E-state index contributed by atoms with van der Waals surface area (Å²) in [6.45, 7) is 4.53. The van der Waals surface area contributed by atoms with Crippen LogP contribution < -0.4 is 11.1 Å². The van der Waals surface area contributed by atoms with Crippen molar-refractivity contribution in [1.82, 2.24) is 4.98 Å². The zero-order valence-corrected chi connectivity index (χ0v) is 11.5. The number of nitrogens with one attached hydrogen (secondary N) is 1. The minimum atomic E-state index is 0.317. The zero-order valence-electron chi connectivity index (χ0n) is 10.0. The second-order valence-electron chi connectivity index (χ2n) is 4.85. The third-order valence-electron chi connectivity index (χ3n) is 3.74. The molecule has 0 bridgehead atoms. The monoisotopic (exact) mass is 273 g/mol. The van der Waals surface area contributed by atoms with Crippen LogP contribution in [0.5, 0.6) is 0 Å². The fraction of sp³-hybridized carbons (Fsp3) is 0.583. The summed E-state index contributed by atoms with van der Waals surface area (Å²) in [6.07, 6.45) is 2.38. The fourth-order valence-electron chi connectivity index (χ4n) is 2.33. The smallest absolute Gasteiger partial charge is 0.147 e. The van der Waals surface area contributed by atoms with Gasteiger partial charge in [-0.3, -0.25) is 0 Å². The first-order valence-electron chi connectivity index (χ1n) is 5.87. The molecule has 0 aromatic carbocycles. The van der Waals surface area contributed by atoms with E-state index in [2.05, 4.69) is 24.1 Å². The molecule has 3 unspecified atom stereocenters. The lowest BCUT2D eigenvalue weighted by atomic mass is 9.98. The van der Waals surface area contributed by atoms with E-state index in [9.17, 15) is 0 Å². The van der Waals surface area contributed by atoms with Crippen LogP contribution in [0.4, 0.5) is 11.6 Å². The number of nitrogens with zero attached hydrogens (tertiary/aromatic N) is 1. The first kappa shape index (κ1) is 12.8. The van der Waals surface area contributed by atoms with E-state index in [1.807, 2.05) is 0 Å². The Morgan fingerprint density at radius 2 is 2.00 bits per heavy atom. The van der Waals surface area contributed by atoms with Gasteiger partial charge in [-0.25, -0.2) is 4.98 Å². The quantitative estimate of drug-likeness (QED) is 0.862. The summed E-state index contributed by atoms with van der Waals surface area (Å²) in [7, 11) is 0. The van der Waals surface area contributed by atoms with E-state index in [0.29, 0.717) is 33.6 Å². The standard InChI is InChI=1S/C12H17Cl2N3/c1-6-3-4-10(7(6)2)16-12-9(14)5-8(13)11(15)17-12/h5-7,10H,3-4H2,1-2H3,(H3,15,16,17). The summed E-state index contributed by atoms with van der Waals surface area (Å²) in [5.41, 5.74) is 5.68. The predicted molar refractivity (Wildman–Crippen MR) is 73.6 cm³/mol. The van der Waals surface area contributed by atoms with Crippen LogP contribution in [0.15, 0.2) is 6.07 Å². The van der Waals surface area contributed by atoms with Crippen LogP contribution >= 0.6 is 23.2 Å². The Bertz CT molecular complexity index is 422. The van der Waals surface area contributed by atoms with Gasteiger partial charge in [-0.15, -0.1) is 0 Å². The number of rotatable bonds is 2. The molecule has 1 aromatic heterocycles. The molecule has 1 aromatic rings. The van der Waals surface area contributed by atoms with E-state index in [4.69, 9.17) is 28.9 Å². The first-order valence-corrected chi connectivity index (χ1v) is 6.62. The summed E-state index contributed by atoms with van der Waals surface area (Å²) in [4.78, 5) is 4.20. The summed E-state index contributed by atoms with van der Waals surface area (Å²) in [5.74, 6) is 2.30. The van der Waals surface area contributed by atoms with Crippen molar-refractivity contribution in [3.05, 3.63) is 16.1 Å². The molecule has 0 saturated heterocycles. The van der Waals surface area contributed by atoms with E-state index >= 15 is 0 Å². The normalized spacial score (nSPS) is 28.4. The number of pyridine rings is 1. The lowest BCUT2D eigenvalue weighted by Crippen LogP contribution is -2.24. The van der Waals surface area contributed by atoms with Crippen molar-refractivity contribution >= 4 is 34.8 Å². The maximum atomic E-state index is 6.10. The van der Waals surface area contributed by atoms with Crippen LogP contribution in [0.1, 0.15) is 26.7 Å². The van der Waals surface area contributed by atoms with Gasteiger partial charge in [0.2, 0.25) is 0 Å². The van der Waals surface area contributed by atoms with Gasteiger partial charge in [-0.2, -0.15) is 0 Å². The molecule has 1 aliphatic carbocycles. The van der Waals surface area contributed by atoms with Crippen LogP contribution in [0.2, 0.25) is 10.0 Å². The minimum Gasteiger partial charge on any atom is -0.382 e. The van der Waals surface area contributed by atoms with Crippen LogP contribution in [0.25, 0.3) is 0 Å². The molecule has 0 amide bonds. The maximum Gasteiger partial charge on any atom is 0.147 e. The second-order valence-corrected chi connectivity index (χ2v) is 5.66. The average molecular weight is 274 g/mol. The van der Waals surface area contributed by atoms with Crippen LogP contribution in [0.3, 0.4) is 0 Å². The Balaban J connectivity index is 2.16. The van der Waals surface area contributed by atoms with Gasteiger partial charge in [-0.05, 0) is 30.7 Å². The molecule has 3 atom stereocenters. The number of hydrogen-bond donors (Lipinski definition) is 2. The summed E-state index contributed by atoms with van der Waals surface area (Å²) < 4.78 is 0. The van der Waals surface area contributed by atoms with Crippen molar-refractivity contribution in [1.29, 1.82) is 0 Å². The predicted octanol–water partition coefficient (Wildman–Crippen LogP) is 3.82. The molecular formula is C12H17Cl2N3. The summed E-state index contributed by atoms with van der Waals surface area (Å²) in [5, 5.41) is 4.30. The van der Waals surface area contributed by atoms with Crippen molar-refractivity contribution in [3.8, 4) is 0 Å². The topological polar surface area (TPSA) is 50.9 Å². The molecule has 94 valence electrons. The van der Waals surface area contributed by atoms with Gasteiger partial charge in [0.15, 0.2) is 0 Å². The van der Waals surface area contributed by atoms with Crippen molar-refractivity contribution < 1.29 is 0 Å².